The van der Waals surface area contributed by atoms with Gasteiger partial charge in [0.15, 0.2) is 0 Å². The van der Waals surface area contributed by atoms with Gasteiger partial charge >= 0.3 is 0 Å². The Bertz CT molecular complexity index is 346. The number of carbonyl (C=O) groups is 1. The fourth-order valence-electron chi connectivity index (χ4n) is 1.41. The van der Waals surface area contributed by atoms with E-state index in [2.05, 4.69) is 5.10 Å². The van der Waals surface area contributed by atoms with Crippen LogP contribution in [-0.2, 0) is 6.54 Å². The van der Waals surface area contributed by atoms with E-state index in [-0.39, 0.29) is 12.5 Å². The Morgan fingerprint density at radius 3 is 2.87 bits per heavy atom. The molecule has 0 aliphatic carbocycles. The van der Waals surface area contributed by atoms with Crippen LogP contribution in [-0.4, -0.2) is 45.9 Å². The Morgan fingerprint density at radius 2 is 2.33 bits per heavy atom. The van der Waals surface area contributed by atoms with Crippen LogP contribution in [0.15, 0.2) is 6.07 Å². The molecular weight excluding hydrogens is 194 g/mol. The highest BCUT2D eigenvalue weighted by atomic mass is 16.3. The Labute approximate surface area is 89.3 Å². The van der Waals surface area contributed by atoms with Gasteiger partial charge in [-0.1, -0.05) is 0 Å². The first kappa shape index (κ1) is 11.7. The topological polar surface area (TPSA) is 58.4 Å². The molecule has 1 amide bonds. The first-order valence-electron chi connectivity index (χ1n) is 5.01. The number of nitrogens with zero attached hydrogens (tertiary/aromatic N) is 3. The lowest BCUT2D eigenvalue weighted by molar-refractivity contribution is 0.0755. The van der Waals surface area contributed by atoms with Crippen molar-refractivity contribution in [2.45, 2.75) is 20.4 Å². The van der Waals surface area contributed by atoms with Crippen LogP contribution in [0, 0.1) is 6.92 Å². The number of aliphatic hydroxyl groups excluding tert-OH is 1. The highest BCUT2D eigenvalue weighted by Crippen LogP contribution is 2.06. The summed E-state index contributed by atoms with van der Waals surface area (Å²) in [7, 11) is 1.67. The van der Waals surface area contributed by atoms with Crippen molar-refractivity contribution in [2.24, 2.45) is 0 Å². The maximum absolute atomic E-state index is 11.9. The molecule has 1 rings (SSSR count). The molecular formula is C10H17N3O2. The van der Waals surface area contributed by atoms with Crippen LogP contribution in [0.1, 0.15) is 23.1 Å². The minimum absolute atomic E-state index is 0.0263. The highest BCUT2D eigenvalue weighted by Gasteiger charge is 2.16. The van der Waals surface area contributed by atoms with Gasteiger partial charge in [0.05, 0.1) is 12.3 Å². The summed E-state index contributed by atoms with van der Waals surface area (Å²) in [5.74, 6) is -0.105. The van der Waals surface area contributed by atoms with Gasteiger partial charge in [-0.15, -0.1) is 0 Å². The molecule has 0 bridgehead atoms. The molecule has 0 saturated carbocycles. The van der Waals surface area contributed by atoms with Crippen LogP contribution in [0.25, 0.3) is 0 Å². The van der Waals surface area contributed by atoms with Crippen molar-refractivity contribution in [2.75, 3.05) is 20.2 Å². The molecule has 1 heterocycles. The van der Waals surface area contributed by atoms with E-state index in [9.17, 15) is 4.79 Å². The fourth-order valence-corrected chi connectivity index (χ4v) is 1.41. The van der Waals surface area contributed by atoms with Crippen LogP contribution in [0.5, 0.6) is 0 Å². The average Bonchev–Trinajstić information content (AvgIpc) is 2.58. The van der Waals surface area contributed by atoms with Crippen LogP contribution >= 0.6 is 0 Å². The standard InChI is InChI=1S/C10H17N3O2/c1-4-13-9(7-8(2)11-13)10(15)12(3)5-6-14/h7,14H,4-6H2,1-3H3. The molecule has 0 radical (unpaired) electrons. The number of hydrogen-bond donors (Lipinski definition) is 1. The summed E-state index contributed by atoms with van der Waals surface area (Å²) in [5.41, 5.74) is 1.41. The molecule has 84 valence electrons. The first-order valence-corrected chi connectivity index (χ1v) is 5.01. The summed E-state index contributed by atoms with van der Waals surface area (Å²) >= 11 is 0. The number of aryl methyl sites for hydroxylation is 2. The molecule has 1 aromatic heterocycles. The van der Waals surface area contributed by atoms with E-state index in [1.807, 2.05) is 13.8 Å². The van der Waals surface area contributed by atoms with Crippen molar-refractivity contribution in [3.05, 3.63) is 17.5 Å². The molecule has 0 aliphatic heterocycles. The second-order valence-corrected chi connectivity index (χ2v) is 3.44. The predicted octanol–water partition coefficient (Wildman–Crippen LogP) is 0.276. The van der Waals surface area contributed by atoms with Gasteiger partial charge in [-0.25, -0.2) is 0 Å². The van der Waals surface area contributed by atoms with E-state index in [4.69, 9.17) is 5.11 Å². The summed E-state index contributed by atoms with van der Waals surface area (Å²) in [6.45, 7) is 4.78. The molecule has 15 heavy (non-hydrogen) atoms. The lowest BCUT2D eigenvalue weighted by atomic mass is 10.3. The van der Waals surface area contributed by atoms with Crippen molar-refractivity contribution < 1.29 is 9.90 Å². The summed E-state index contributed by atoms with van der Waals surface area (Å²) in [6, 6.07) is 1.76. The van der Waals surface area contributed by atoms with E-state index < -0.39 is 0 Å². The number of likely N-dealkylation sites (N-methyl/N-ethyl adjacent to an activating group) is 1. The molecule has 5 heteroatoms. The van der Waals surface area contributed by atoms with E-state index in [0.717, 1.165) is 5.69 Å². The van der Waals surface area contributed by atoms with Gasteiger partial charge in [-0.05, 0) is 19.9 Å². The highest BCUT2D eigenvalue weighted by molar-refractivity contribution is 5.92. The van der Waals surface area contributed by atoms with Crippen molar-refractivity contribution in [3.8, 4) is 0 Å². The predicted molar refractivity (Wildman–Crippen MR) is 56.7 cm³/mol. The summed E-state index contributed by atoms with van der Waals surface area (Å²) in [5, 5.41) is 12.9. The Balaban J connectivity index is 2.89. The Hall–Kier alpha value is -1.36. The maximum Gasteiger partial charge on any atom is 0.271 e. The van der Waals surface area contributed by atoms with Gasteiger partial charge in [-0.3, -0.25) is 9.48 Å². The third-order valence-electron chi connectivity index (χ3n) is 2.20. The van der Waals surface area contributed by atoms with Crippen LogP contribution in [0.2, 0.25) is 0 Å². The number of aromatic nitrogens is 2. The minimum atomic E-state index is -0.105. The third kappa shape index (κ3) is 2.56. The molecule has 0 fully saturated rings. The average molecular weight is 211 g/mol. The fraction of sp³-hybridized carbons (Fsp3) is 0.600. The summed E-state index contributed by atoms with van der Waals surface area (Å²) in [4.78, 5) is 13.4. The number of rotatable bonds is 4. The molecule has 0 saturated heterocycles. The zero-order valence-corrected chi connectivity index (χ0v) is 9.40. The van der Waals surface area contributed by atoms with Crippen LogP contribution in [0.3, 0.4) is 0 Å². The SMILES string of the molecule is CCn1nc(C)cc1C(=O)N(C)CCO. The normalized spacial score (nSPS) is 10.4. The number of carbonyl (C=O) groups excluding carboxylic acids is 1. The zero-order valence-electron chi connectivity index (χ0n) is 9.40. The molecule has 5 nitrogen and oxygen atoms in total. The van der Waals surface area contributed by atoms with Gasteiger partial charge in [0.25, 0.3) is 5.91 Å². The third-order valence-corrected chi connectivity index (χ3v) is 2.20. The molecule has 0 unspecified atom stereocenters. The maximum atomic E-state index is 11.9. The van der Waals surface area contributed by atoms with Gasteiger partial charge in [-0.2, -0.15) is 5.10 Å². The van der Waals surface area contributed by atoms with Gasteiger partial charge in [0.1, 0.15) is 5.69 Å². The van der Waals surface area contributed by atoms with E-state index in [1.54, 1.807) is 17.8 Å². The molecule has 1 aromatic rings. The van der Waals surface area contributed by atoms with E-state index in [0.29, 0.717) is 18.8 Å². The first-order chi connectivity index (χ1) is 7.10. The zero-order chi connectivity index (χ0) is 11.4. The second kappa shape index (κ2) is 4.93. The van der Waals surface area contributed by atoms with Crippen LogP contribution < -0.4 is 0 Å². The van der Waals surface area contributed by atoms with Crippen molar-refractivity contribution in [3.63, 3.8) is 0 Å². The Kier molecular flexibility index (Phi) is 3.85. The Morgan fingerprint density at radius 1 is 1.67 bits per heavy atom. The second-order valence-electron chi connectivity index (χ2n) is 3.44. The van der Waals surface area contributed by atoms with Crippen molar-refractivity contribution in [1.29, 1.82) is 0 Å². The summed E-state index contributed by atoms with van der Waals surface area (Å²) in [6.07, 6.45) is 0. The monoisotopic (exact) mass is 211 g/mol. The molecule has 0 atom stereocenters. The van der Waals surface area contributed by atoms with Gasteiger partial charge in [0, 0.05) is 20.1 Å². The molecule has 0 spiro atoms. The number of amides is 1. The smallest absolute Gasteiger partial charge is 0.271 e. The lowest BCUT2D eigenvalue weighted by Crippen LogP contribution is -2.31. The lowest BCUT2D eigenvalue weighted by Gasteiger charge is -2.15. The molecule has 0 aliphatic rings. The summed E-state index contributed by atoms with van der Waals surface area (Å²) < 4.78 is 1.67. The van der Waals surface area contributed by atoms with Crippen molar-refractivity contribution in [1.82, 2.24) is 14.7 Å². The molecule has 0 aromatic carbocycles. The quantitative estimate of drug-likeness (QED) is 0.778. The van der Waals surface area contributed by atoms with E-state index >= 15 is 0 Å². The number of aliphatic hydroxyl groups is 1. The number of hydrogen-bond acceptors (Lipinski definition) is 3. The van der Waals surface area contributed by atoms with E-state index in [1.165, 1.54) is 4.90 Å². The van der Waals surface area contributed by atoms with Crippen molar-refractivity contribution >= 4 is 5.91 Å². The largest absolute Gasteiger partial charge is 0.395 e. The van der Waals surface area contributed by atoms with Gasteiger partial charge < -0.3 is 10.0 Å². The van der Waals surface area contributed by atoms with Gasteiger partial charge in [0.2, 0.25) is 0 Å². The minimum Gasteiger partial charge on any atom is -0.395 e. The van der Waals surface area contributed by atoms with Crippen LogP contribution in [0.4, 0.5) is 0 Å². The molecule has 1 N–H and O–H groups in total.